The van der Waals surface area contributed by atoms with Crippen molar-refractivity contribution in [2.45, 2.75) is 26.8 Å². The van der Waals surface area contributed by atoms with Crippen LogP contribution in [0.3, 0.4) is 0 Å². The predicted octanol–water partition coefficient (Wildman–Crippen LogP) is 2.96. The molecule has 25 heavy (non-hydrogen) atoms. The lowest BCUT2D eigenvalue weighted by Gasteiger charge is -2.26. The fraction of sp³-hybridized carbons (Fsp3) is 0.500. The summed E-state index contributed by atoms with van der Waals surface area (Å²) in [5.74, 6) is 1.26. The lowest BCUT2D eigenvalue weighted by atomic mass is 10.1. The summed E-state index contributed by atoms with van der Waals surface area (Å²) >= 11 is 6.34. The molecule has 2 aromatic rings. The van der Waals surface area contributed by atoms with E-state index in [1.54, 1.807) is 13.0 Å². The molecule has 0 unspecified atom stereocenters. The summed E-state index contributed by atoms with van der Waals surface area (Å²) in [6.45, 7) is 7.68. The Bertz CT molecular complexity index is 756. The van der Waals surface area contributed by atoms with E-state index < -0.39 is 4.92 Å². The van der Waals surface area contributed by atoms with Crippen LogP contribution in [0.1, 0.15) is 23.7 Å². The number of aryl methyl sites for hydroxylation is 2. The van der Waals surface area contributed by atoms with Crippen LogP contribution in [0.5, 0.6) is 0 Å². The van der Waals surface area contributed by atoms with Crippen LogP contribution in [0.4, 0.5) is 11.4 Å². The van der Waals surface area contributed by atoms with E-state index in [0.29, 0.717) is 23.3 Å². The van der Waals surface area contributed by atoms with Crippen LogP contribution in [0.15, 0.2) is 16.7 Å². The van der Waals surface area contributed by atoms with Gasteiger partial charge in [0, 0.05) is 45.2 Å². The van der Waals surface area contributed by atoms with Gasteiger partial charge in [-0.25, -0.2) is 0 Å². The normalized spacial score (nSPS) is 16.0. The molecule has 0 amide bonds. The van der Waals surface area contributed by atoms with Gasteiger partial charge in [-0.2, -0.15) is 4.98 Å². The van der Waals surface area contributed by atoms with Gasteiger partial charge in [-0.3, -0.25) is 15.0 Å². The van der Waals surface area contributed by atoms with Crippen LogP contribution in [-0.2, 0) is 6.54 Å². The zero-order valence-corrected chi connectivity index (χ0v) is 15.0. The lowest BCUT2D eigenvalue weighted by molar-refractivity contribution is -0.384. The summed E-state index contributed by atoms with van der Waals surface area (Å²) in [7, 11) is 0. The Hall–Kier alpha value is -2.19. The monoisotopic (exact) mass is 365 g/mol. The zero-order chi connectivity index (χ0) is 18.0. The number of non-ortho nitro benzene ring substituents is 1. The first-order chi connectivity index (χ1) is 11.9. The summed E-state index contributed by atoms with van der Waals surface area (Å²) in [6, 6.07) is 3.00. The smallest absolute Gasteiger partial charge is 0.271 e. The number of halogens is 1. The molecule has 1 aromatic heterocycles. The molecular formula is C16H20ClN5O3. The fourth-order valence-electron chi connectivity index (χ4n) is 3.18. The third kappa shape index (κ3) is 4.08. The third-order valence-electron chi connectivity index (χ3n) is 4.29. The summed E-state index contributed by atoms with van der Waals surface area (Å²) in [6.07, 6.45) is 0.962. The summed E-state index contributed by atoms with van der Waals surface area (Å²) in [4.78, 5) is 19.3. The van der Waals surface area contributed by atoms with E-state index in [1.165, 1.54) is 6.07 Å². The Balaban J connectivity index is 1.71. The maximum Gasteiger partial charge on any atom is 0.271 e. The highest BCUT2D eigenvalue weighted by Gasteiger charge is 2.22. The number of hydrogen-bond acceptors (Lipinski definition) is 7. The Morgan fingerprint density at radius 1 is 1.28 bits per heavy atom. The van der Waals surface area contributed by atoms with Crippen LogP contribution < -0.4 is 4.90 Å². The maximum absolute atomic E-state index is 11.0. The fourth-order valence-corrected chi connectivity index (χ4v) is 3.56. The Kier molecular flexibility index (Phi) is 5.19. The van der Waals surface area contributed by atoms with E-state index in [9.17, 15) is 10.1 Å². The molecule has 1 saturated heterocycles. The summed E-state index contributed by atoms with van der Waals surface area (Å²) in [5, 5.41) is 15.3. The van der Waals surface area contributed by atoms with Crippen molar-refractivity contribution < 1.29 is 9.45 Å². The minimum Gasteiger partial charge on any atom is -0.369 e. The van der Waals surface area contributed by atoms with Crippen LogP contribution in [0, 0.1) is 24.0 Å². The van der Waals surface area contributed by atoms with Crippen molar-refractivity contribution >= 4 is 23.0 Å². The molecule has 1 aliphatic heterocycles. The average molecular weight is 366 g/mol. The number of hydrogen-bond donors (Lipinski definition) is 0. The predicted molar refractivity (Wildman–Crippen MR) is 94.0 cm³/mol. The molecule has 8 nitrogen and oxygen atoms in total. The van der Waals surface area contributed by atoms with Gasteiger partial charge in [0.1, 0.15) is 0 Å². The van der Waals surface area contributed by atoms with Gasteiger partial charge in [0.2, 0.25) is 5.89 Å². The SMILES string of the molecule is Cc1nc(CN2CCCN(c3c(C)cc([N+](=O)[O-])cc3Cl)CC2)no1. The van der Waals surface area contributed by atoms with Crippen molar-refractivity contribution in [3.8, 4) is 0 Å². The molecule has 9 heteroatoms. The van der Waals surface area contributed by atoms with Crippen molar-refractivity contribution in [3.63, 3.8) is 0 Å². The van der Waals surface area contributed by atoms with Crippen LogP contribution in [0.25, 0.3) is 0 Å². The Labute approximate surface area is 150 Å². The van der Waals surface area contributed by atoms with Crippen molar-refractivity contribution in [1.29, 1.82) is 0 Å². The second kappa shape index (κ2) is 7.37. The van der Waals surface area contributed by atoms with E-state index in [1.807, 2.05) is 6.92 Å². The zero-order valence-electron chi connectivity index (χ0n) is 14.2. The van der Waals surface area contributed by atoms with E-state index >= 15 is 0 Å². The molecule has 0 bridgehead atoms. The molecule has 134 valence electrons. The van der Waals surface area contributed by atoms with Crippen LogP contribution in [0.2, 0.25) is 5.02 Å². The summed E-state index contributed by atoms with van der Waals surface area (Å²) < 4.78 is 5.02. The molecule has 1 aliphatic rings. The quantitative estimate of drug-likeness (QED) is 0.607. The molecule has 0 saturated carbocycles. The van der Waals surface area contributed by atoms with Crippen LogP contribution >= 0.6 is 11.6 Å². The van der Waals surface area contributed by atoms with Crippen molar-refractivity contribution in [1.82, 2.24) is 15.0 Å². The van der Waals surface area contributed by atoms with Crippen molar-refractivity contribution in [2.24, 2.45) is 0 Å². The van der Waals surface area contributed by atoms with E-state index in [4.69, 9.17) is 16.1 Å². The molecule has 1 aromatic carbocycles. The van der Waals surface area contributed by atoms with Crippen molar-refractivity contribution in [2.75, 3.05) is 31.1 Å². The van der Waals surface area contributed by atoms with E-state index in [-0.39, 0.29) is 5.69 Å². The first kappa shape index (κ1) is 17.6. The van der Waals surface area contributed by atoms with Gasteiger partial charge in [-0.1, -0.05) is 16.8 Å². The molecule has 0 N–H and O–H groups in total. The van der Waals surface area contributed by atoms with Gasteiger partial charge < -0.3 is 9.42 Å². The Morgan fingerprint density at radius 2 is 2.08 bits per heavy atom. The highest BCUT2D eigenvalue weighted by Crippen LogP contribution is 2.34. The molecule has 0 aliphatic carbocycles. The second-order valence-electron chi connectivity index (χ2n) is 6.20. The first-order valence-electron chi connectivity index (χ1n) is 8.15. The number of nitrogens with zero attached hydrogens (tertiary/aromatic N) is 5. The number of anilines is 1. The van der Waals surface area contributed by atoms with Gasteiger partial charge in [0.15, 0.2) is 5.82 Å². The maximum atomic E-state index is 11.0. The molecule has 2 heterocycles. The number of aromatic nitrogens is 2. The molecule has 0 atom stereocenters. The van der Waals surface area contributed by atoms with Gasteiger partial charge in [-0.15, -0.1) is 0 Å². The second-order valence-corrected chi connectivity index (χ2v) is 6.60. The largest absolute Gasteiger partial charge is 0.369 e. The van der Waals surface area contributed by atoms with Crippen molar-refractivity contribution in [3.05, 3.63) is 44.5 Å². The molecule has 0 spiro atoms. The van der Waals surface area contributed by atoms with Gasteiger partial charge in [0.05, 0.1) is 22.2 Å². The highest BCUT2D eigenvalue weighted by molar-refractivity contribution is 6.33. The molecular weight excluding hydrogens is 346 g/mol. The van der Waals surface area contributed by atoms with Gasteiger partial charge in [-0.05, 0) is 18.9 Å². The van der Waals surface area contributed by atoms with Gasteiger partial charge in [0.25, 0.3) is 5.69 Å². The number of rotatable bonds is 4. The first-order valence-corrected chi connectivity index (χ1v) is 8.53. The molecule has 3 rings (SSSR count). The van der Waals surface area contributed by atoms with E-state index in [0.717, 1.165) is 43.9 Å². The van der Waals surface area contributed by atoms with E-state index in [2.05, 4.69) is 19.9 Å². The molecule has 1 fully saturated rings. The average Bonchev–Trinajstić information content (AvgIpc) is 2.81. The number of benzene rings is 1. The van der Waals surface area contributed by atoms with Crippen LogP contribution in [-0.4, -0.2) is 46.1 Å². The topological polar surface area (TPSA) is 88.5 Å². The minimum absolute atomic E-state index is 0.0233. The molecule has 0 radical (unpaired) electrons. The summed E-state index contributed by atoms with van der Waals surface area (Å²) in [5.41, 5.74) is 1.72. The third-order valence-corrected chi connectivity index (χ3v) is 4.58. The highest BCUT2D eigenvalue weighted by atomic mass is 35.5. The Morgan fingerprint density at radius 3 is 2.72 bits per heavy atom. The number of nitro groups is 1. The lowest BCUT2D eigenvalue weighted by Crippen LogP contribution is -2.31. The standard InChI is InChI=1S/C16H20ClN5O3/c1-11-8-13(22(23)24)9-14(17)16(11)21-5-3-4-20(6-7-21)10-15-18-12(2)25-19-15/h8-9H,3-7,10H2,1-2H3. The minimum atomic E-state index is -0.417. The number of nitro benzene ring substituents is 1. The van der Waals surface area contributed by atoms with Gasteiger partial charge >= 0.3 is 0 Å².